The van der Waals surface area contributed by atoms with Crippen LogP contribution in [0.15, 0.2) is 41.4 Å². The number of amides is 1. The maximum Gasteiger partial charge on any atom is 0.276 e. The average molecular weight is 288 g/mol. The van der Waals surface area contributed by atoms with E-state index in [1.807, 2.05) is 0 Å². The number of halogens is 1. The molecule has 0 aliphatic rings. The Bertz CT molecular complexity index is 738. The number of aromatic amines is 1. The number of anilines is 1. The van der Waals surface area contributed by atoms with Crippen LogP contribution < -0.4 is 5.32 Å². The topological polar surface area (TPSA) is 70.7 Å². The van der Waals surface area contributed by atoms with Crippen molar-refractivity contribution in [1.82, 2.24) is 15.2 Å². The van der Waals surface area contributed by atoms with Gasteiger partial charge in [-0.25, -0.2) is 9.37 Å². The standard InChI is InChI=1S/C13H9FN4OS/c14-9-3-1-2-8(4-9)10-5-16-18-12(10)17-13(19)11-6-20-7-15-11/h1-7H,(H2,16,17,18,19). The van der Waals surface area contributed by atoms with E-state index in [0.29, 0.717) is 22.6 Å². The van der Waals surface area contributed by atoms with Crippen LogP contribution in [0.4, 0.5) is 10.2 Å². The Labute approximate surface area is 117 Å². The lowest BCUT2D eigenvalue weighted by Gasteiger charge is -2.04. The van der Waals surface area contributed by atoms with Crippen molar-refractivity contribution in [3.63, 3.8) is 0 Å². The SMILES string of the molecule is O=C(Nc1[nH]ncc1-c1cccc(F)c1)c1cscn1. The van der Waals surface area contributed by atoms with Gasteiger partial charge in [0.15, 0.2) is 0 Å². The first-order valence-corrected chi connectivity index (χ1v) is 6.67. The van der Waals surface area contributed by atoms with Gasteiger partial charge in [-0.3, -0.25) is 9.89 Å². The molecule has 2 aromatic heterocycles. The quantitative estimate of drug-likeness (QED) is 0.778. The minimum atomic E-state index is -0.347. The van der Waals surface area contributed by atoms with Crippen molar-refractivity contribution in [3.05, 3.63) is 52.9 Å². The van der Waals surface area contributed by atoms with E-state index >= 15 is 0 Å². The van der Waals surface area contributed by atoms with Crippen LogP contribution in [0.2, 0.25) is 0 Å². The molecule has 1 amide bonds. The molecule has 0 saturated heterocycles. The molecule has 0 unspecified atom stereocenters. The monoisotopic (exact) mass is 288 g/mol. The normalized spacial score (nSPS) is 10.4. The zero-order chi connectivity index (χ0) is 13.9. The van der Waals surface area contributed by atoms with Gasteiger partial charge in [0, 0.05) is 10.9 Å². The molecule has 0 saturated carbocycles. The molecule has 2 heterocycles. The van der Waals surface area contributed by atoms with Gasteiger partial charge in [-0.2, -0.15) is 5.10 Å². The fourth-order valence-corrected chi connectivity index (χ4v) is 2.29. The van der Waals surface area contributed by atoms with Crippen molar-refractivity contribution in [3.8, 4) is 11.1 Å². The van der Waals surface area contributed by atoms with E-state index in [0.717, 1.165) is 0 Å². The Hall–Kier alpha value is -2.54. The lowest BCUT2D eigenvalue weighted by Crippen LogP contribution is -2.13. The zero-order valence-corrected chi connectivity index (χ0v) is 10.9. The second kappa shape index (κ2) is 5.22. The summed E-state index contributed by atoms with van der Waals surface area (Å²) in [6.45, 7) is 0. The molecular formula is C13H9FN4OS. The Morgan fingerprint density at radius 2 is 2.30 bits per heavy atom. The Balaban J connectivity index is 1.89. The number of rotatable bonds is 3. The third-order valence-electron chi connectivity index (χ3n) is 2.68. The van der Waals surface area contributed by atoms with Crippen LogP contribution in [0.5, 0.6) is 0 Å². The van der Waals surface area contributed by atoms with Gasteiger partial charge in [0.25, 0.3) is 5.91 Å². The van der Waals surface area contributed by atoms with Crippen LogP contribution in [-0.4, -0.2) is 21.1 Å². The summed E-state index contributed by atoms with van der Waals surface area (Å²) in [5.74, 6) is -0.276. The van der Waals surface area contributed by atoms with Gasteiger partial charge >= 0.3 is 0 Å². The molecule has 0 radical (unpaired) electrons. The summed E-state index contributed by atoms with van der Waals surface area (Å²) >= 11 is 1.34. The molecule has 0 spiro atoms. The molecule has 1 aromatic carbocycles. The molecule has 2 N–H and O–H groups in total. The van der Waals surface area contributed by atoms with E-state index in [9.17, 15) is 9.18 Å². The highest BCUT2D eigenvalue weighted by Crippen LogP contribution is 2.26. The third-order valence-corrected chi connectivity index (χ3v) is 3.26. The molecule has 5 nitrogen and oxygen atoms in total. The number of carbonyl (C=O) groups excluding carboxylic acids is 1. The van der Waals surface area contributed by atoms with Gasteiger partial charge in [-0.15, -0.1) is 11.3 Å². The minimum Gasteiger partial charge on any atom is -0.305 e. The molecule has 100 valence electrons. The lowest BCUT2D eigenvalue weighted by atomic mass is 10.1. The fraction of sp³-hybridized carbons (Fsp3) is 0. The summed E-state index contributed by atoms with van der Waals surface area (Å²) in [5, 5.41) is 10.9. The van der Waals surface area contributed by atoms with E-state index in [1.54, 1.807) is 23.0 Å². The van der Waals surface area contributed by atoms with Crippen LogP contribution in [0.3, 0.4) is 0 Å². The van der Waals surface area contributed by atoms with Gasteiger partial charge in [0.1, 0.15) is 17.3 Å². The van der Waals surface area contributed by atoms with Crippen LogP contribution >= 0.6 is 11.3 Å². The van der Waals surface area contributed by atoms with Crippen molar-refractivity contribution >= 4 is 23.1 Å². The Morgan fingerprint density at radius 3 is 3.05 bits per heavy atom. The summed E-state index contributed by atoms with van der Waals surface area (Å²) in [4.78, 5) is 15.9. The van der Waals surface area contributed by atoms with Gasteiger partial charge in [0.05, 0.1) is 11.7 Å². The van der Waals surface area contributed by atoms with Crippen LogP contribution in [0.1, 0.15) is 10.5 Å². The first-order chi connectivity index (χ1) is 9.74. The number of nitrogens with zero attached hydrogens (tertiary/aromatic N) is 2. The summed E-state index contributed by atoms with van der Waals surface area (Å²) in [6.07, 6.45) is 1.53. The van der Waals surface area contributed by atoms with E-state index < -0.39 is 0 Å². The summed E-state index contributed by atoms with van der Waals surface area (Å²) in [7, 11) is 0. The predicted molar refractivity (Wildman–Crippen MR) is 74.0 cm³/mol. The maximum atomic E-state index is 13.3. The fourth-order valence-electron chi connectivity index (χ4n) is 1.76. The molecular weight excluding hydrogens is 279 g/mol. The van der Waals surface area contributed by atoms with Crippen molar-refractivity contribution in [2.45, 2.75) is 0 Å². The van der Waals surface area contributed by atoms with Crippen LogP contribution in [-0.2, 0) is 0 Å². The minimum absolute atomic E-state index is 0.329. The maximum absolute atomic E-state index is 13.3. The number of nitrogens with one attached hydrogen (secondary N) is 2. The second-order valence-corrected chi connectivity index (χ2v) is 4.72. The van der Waals surface area contributed by atoms with E-state index in [-0.39, 0.29) is 11.7 Å². The van der Waals surface area contributed by atoms with Crippen LogP contribution in [0, 0.1) is 5.82 Å². The van der Waals surface area contributed by atoms with Crippen molar-refractivity contribution < 1.29 is 9.18 Å². The van der Waals surface area contributed by atoms with Gasteiger partial charge in [-0.05, 0) is 17.7 Å². The molecule has 0 atom stereocenters. The molecule has 0 fully saturated rings. The Kier molecular flexibility index (Phi) is 3.26. The number of benzene rings is 1. The van der Waals surface area contributed by atoms with E-state index in [2.05, 4.69) is 20.5 Å². The highest BCUT2D eigenvalue weighted by atomic mass is 32.1. The van der Waals surface area contributed by atoms with E-state index in [1.165, 1.54) is 29.7 Å². The van der Waals surface area contributed by atoms with Crippen molar-refractivity contribution in [2.24, 2.45) is 0 Å². The average Bonchev–Trinajstić information content (AvgIpc) is 3.09. The highest BCUT2D eigenvalue weighted by Gasteiger charge is 2.13. The van der Waals surface area contributed by atoms with Gasteiger partial charge in [0.2, 0.25) is 0 Å². The number of hydrogen-bond donors (Lipinski definition) is 2. The highest BCUT2D eigenvalue weighted by molar-refractivity contribution is 7.07. The lowest BCUT2D eigenvalue weighted by molar-refractivity contribution is 0.102. The largest absolute Gasteiger partial charge is 0.305 e. The number of aromatic nitrogens is 3. The summed E-state index contributed by atoms with van der Waals surface area (Å²) < 4.78 is 13.3. The number of H-pyrrole nitrogens is 1. The number of hydrogen-bond acceptors (Lipinski definition) is 4. The summed E-state index contributed by atoms with van der Waals surface area (Å²) in [5.41, 5.74) is 3.16. The molecule has 0 aliphatic heterocycles. The third kappa shape index (κ3) is 2.43. The van der Waals surface area contributed by atoms with Crippen molar-refractivity contribution in [1.29, 1.82) is 0 Å². The molecule has 3 rings (SSSR count). The van der Waals surface area contributed by atoms with Crippen molar-refractivity contribution in [2.75, 3.05) is 5.32 Å². The molecule has 3 aromatic rings. The first kappa shape index (κ1) is 12.5. The zero-order valence-electron chi connectivity index (χ0n) is 10.1. The van der Waals surface area contributed by atoms with Crippen LogP contribution in [0.25, 0.3) is 11.1 Å². The van der Waals surface area contributed by atoms with E-state index in [4.69, 9.17) is 0 Å². The summed E-state index contributed by atoms with van der Waals surface area (Å²) in [6, 6.07) is 6.08. The number of carbonyl (C=O) groups is 1. The first-order valence-electron chi connectivity index (χ1n) is 5.73. The number of thiazole rings is 1. The molecule has 0 aliphatic carbocycles. The Morgan fingerprint density at radius 1 is 1.40 bits per heavy atom. The second-order valence-electron chi connectivity index (χ2n) is 4.00. The molecule has 0 bridgehead atoms. The van der Waals surface area contributed by atoms with Gasteiger partial charge < -0.3 is 5.32 Å². The smallest absolute Gasteiger partial charge is 0.276 e. The molecule has 20 heavy (non-hydrogen) atoms. The van der Waals surface area contributed by atoms with Gasteiger partial charge in [-0.1, -0.05) is 12.1 Å². The molecule has 7 heteroatoms. The predicted octanol–water partition coefficient (Wildman–Crippen LogP) is 2.92.